The lowest BCUT2D eigenvalue weighted by Gasteiger charge is -2.17. The average molecular weight is 437 g/mol. The van der Waals surface area contributed by atoms with Crippen molar-refractivity contribution in [2.75, 3.05) is 26.2 Å². The number of amides is 1. The van der Waals surface area contributed by atoms with Crippen LogP contribution in [0, 0.1) is 13.8 Å². The molecule has 2 aromatic carbocycles. The fourth-order valence-corrected chi connectivity index (χ4v) is 5.17. The molecule has 0 bridgehead atoms. The summed E-state index contributed by atoms with van der Waals surface area (Å²) >= 11 is 6.12. The highest BCUT2D eigenvalue weighted by Crippen LogP contribution is 2.28. The fourth-order valence-electron chi connectivity index (χ4n) is 3.15. The van der Waals surface area contributed by atoms with E-state index in [4.69, 9.17) is 16.3 Å². The molecular weight excluding hydrogens is 412 g/mol. The Morgan fingerprint density at radius 1 is 1.10 bits per heavy atom. The van der Waals surface area contributed by atoms with E-state index in [0.717, 1.165) is 24.2 Å². The summed E-state index contributed by atoms with van der Waals surface area (Å²) in [5, 5.41) is 2.86. The van der Waals surface area contributed by atoms with E-state index in [1.807, 2.05) is 32.0 Å². The maximum atomic E-state index is 12.8. The van der Waals surface area contributed by atoms with E-state index < -0.39 is 10.0 Å². The number of halogens is 1. The van der Waals surface area contributed by atoms with Crippen LogP contribution in [0.4, 0.5) is 0 Å². The van der Waals surface area contributed by atoms with Gasteiger partial charge in [-0.25, -0.2) is 8.42 Å². The number of ether oxygens (including phenoxy) is 1. The highest BCUT2D eigenvalue weighted by molar-refractivity contribution is 7.89. The number of sulfonamides is 1. The molecule has 0 aromatic heterocycles. The van der Waals surface area contributed by atoms with Crippen LogP contribution in [-0.2, 0) is 10.0 Å². The number of benzene rings is 2. The van der Waals surface area contributed by atoms with E-state index in [2.05, 4.69) is 5.32 Å². The van der Waals surface area contributed by atoms with Crippen LogP contribution in [-0.4, -0.2) is 44.9 Å². The van der Waals surface area contributed by atoms with Gasteiger partial charge in [-0.3, -0.25) is 4.79 Å². The van der Waals surface area contributed by atoms with Gasteiger partial charge in [0.1, 0.15) is 17.3 Å². The predicted molar refractivity (Wildman–Crippen MR) is 113 cm³/mol. The lowest BCUT2D eigenvalue weighted by molar-refractivity contribution is 0.0947. The first kappa shape index (κ1) is 21.6. The molecule has 1 aliphatic rings. The van der Waals surface area contributed by atoms with Gasteiger partial charge in [0.25, 0.3) is 5.91 Å². The first-order valence-corrected chi connectivity index (χ1v) is 11.4. The van der Waals surface area contributed by atoms with E-state index in [-0.39, 0.29) is 21.4 Å². The molecule has 0 radical (unpaired) electrons. The van der Waals surface area contributed by atoms with Crippen molar-refractivity contribution in [2.45, 2.75) is 31.6 Å². The maximum absolute atomic E-state index is 12.8. The molecule has 0 saturated carbocycles. The van der Waals surface area contributed by atoms with E-state index in [9.17, 15) is 13.2 Å². The number of carbonyl (C=O) groups excluding carboxylic acids is 1. The molecule has 1 heterocycles. The third kappa shape index (κ3) is 5.10. The lowest BCUT2D eigenvalue weighted by atomic mass is 10.1. The van der Waals surface area contributed by atoms with Crippen molar-refractivity contribution in [3.63, 3.8) is 0 Å². The van der Waals surface area contributed by atoms with Crippen LogP contribution in [0.5, 0.6) is 5.75 Å². The smallest absolute Gasteiger partial charge is 0.251 e. The topological polar surface area (TPSA) is 75.7 Å². The normalized spacial score (nSPS) is 14.7. The minimum absolute atomic E-state index is 0.0277. The standard InChI is InChI=1S/C21H25ClN2O4S/c1-15-5-7-18(13-16(15)2)28-12-9-23-21(25)17-6-8-19(22)20(14-17)29(26,27)24-10-3-4-11-24/h5-8,13-14H,3-4,9-12H2,1-2H3,(H,23,25). The largest absolute Gasteiger partial charge is 0.492 e. The molecule has 0 aliphatic carbocycles. The van der Waals surface area contributed by atoms with Crippen LogP contribution in [0.25, 0.3) is 0 Å². The number of carbonyl (C=O) groups is 1. The molecule has 156 valence electrons. The van der Waals surface area contributed by atoms with E-state index in [1.165, 1.54) is 28.1 Å². The van der Waals surface area contributed by atoms with Gasteiger partial charge in [0.05, 0.1) is 11.6 Å². The molecule has 1 saturated heterocycles. The first-order chi connectivity index (χ1) is 13.8. The van der Waals surface area contributed by atoms with Gasteiger partial charge in [0.15, 0.2) is 0 Å². The summed E-state index contributed by atoms with van der Waals surface area (Å²) < 4.78 is 32.6. The Morgan fingerprint density at radius 3 is 2.52 bits per heavy atom. The molecule has 29 heavy (non-hydrogen) atoms. The van der Waals surface area contributed by atoms with Crippen molar-refractivity contribution >= 4 is 27.5 Å². The van der Waals surface area contributed by atoms with E-state index >= 15 is 0 Å². The van der Waals surface area contributed by atoms with Gasteiger partial charge in [-0.15, -0.1) is 0 Å². The fraction of sp³-hybridized carbons (Fsp3) is 0.381. The Balaban J connectivity index is 1.61. The summed E-state index contributed by atoms with van der Waals surface area (Å²) in [6.45, 7) is 5.60. The molecule has 1 aliphatic heterocycles. The Kier molecular flexibility index (Phi) is 6.82. The van der Waals surface area contributed by atoms with Crippen molar-refractivity contribution < 1.29 is 17.9 Å². The number of hydrogen-bond donors (Lipinski definition) is 1. The molecule has 0 spiro atoms. The monoisotopic (exact) mass is 436 g/mol. The highest BCUT2D eigenvalue weighted by Gasteiger charge is 2.29. The SMILES string of the molecule is Cc1ccc(OCCNC(=O)c2ccc(Cl)c(S(=O)(=O)N3CCCC3)c2)cc1C. The number of rotatable bonds is 7. The zero-order valence-corrected chi connectivity index (χ0v) is 18.1. The van der Waals surface area contributed by atoms with Crippen molar-refractivity contribution in [1.82, 2.24) is 9.62 Å². The van der Waals surface area contributed by atoms with Crippen LogP contribution in [0.1, 0.15) is 34.3 Å². The molecule has 2 aromatic rings. The van der Waals surface area contributed by atoms with Gasteiger partial charge in [-0.1, -0.05) is 17.7 Å². The molecule has 0 unspecified atom stereocenters. The van der Waals surface area contributed by atoms with Crippen molar-refractivity contribution in [2.24, 2.45) is 0 Å². The third-order valence-electron chi connectivity index (χ3n) is 5.01. The van der Waals surface area contributed by atoms with Crippen LogP contribution in [0.2, 0.25) is 5.02 Å². The van der Waals surface area contributed by atoms with Gasteiger partial charge < -0.3 is 10.1 Å². The molecular formula is C21H25ClN2O4S. The molecule has 6 nitrogen and oxygen atoms in total. The van der Waals surface area contributed by atoms with Crippen LogP contribution in [0.15, 0.2) is 41.3 Å². The summed E-state index contributed by atoms with van der Waals surface area (Å²) in [4.78, 5) is 12.4. The minimum atomic E-state index is -3.70. The Morgan fingerprint density at radius 2 is 1.83 bits per heavy atom. The van der Waals surface area contributed by atoms with Gasteiger partial charge in [-0.2, -0.15) is 4.31 Å². The van der Waals surface area contributed by atoms with Crippen molar-refractivity contribution in [1.29, 1.82) is 0 Å². The molecule has 3 rings (SSSR count). The summed E-state index contributed by atoms with van der Waals surface area (Å²) in [6.07, 6.45) is 1.66. The summed E-state index contributed by atoms with van der Waals surface area (Å²) in [7, 11) is -3.70. The zero-order valence-electron chi connectivity index (χ0n) is 16.6. The number of nitrogens with zero attached hydrogens (tertiary/aromatic N) is 1. The van der Waals surface area contributed by atoms with Crippen LogP contribution < -0.4 is 10.1 Å². The van der Waals surface area contributed by atoms with Gasteiger partial charge in [0.2, 0.25) is 10.0 Å². The summed E-state index contributed by atoms with van der Waals surface area (Å²) in [6, 6.07) is 10.1. The molecule has 1 fully saturated rings. The van der Waals surface area contributed by atoms with Gasteiger partial charge in [-0.05, 0) is 68.1 Å². The minimum Gasteiger partial charge on any atom is -0.492 e. The molecule has 1 amide bonds. The van der Waals surface area contributed by atoms with Crippen molar-refractivity contribution in [3.05, 3.63) is 58.1 Å². The summed E-state index contributed by atoms with van der Waals surface area (Å²) in [5.41, 5.74) is 2.57. The lowest BCUT2D eigenvalue weighted by Crippen LogP contribution is -2.30. The zero-order chi connectivity index (χ0) is 21.0. The molecule has 8 heteroatoms. The average Bonchev–Trinajstić information content (AvgIpc) is 3.23. The second-order valence-corrected chi connectivity index (χ2v) is 9.42. The van der Waals surface area contributed by atoms with Gasteiger partial charge >= 0.3 is 0 Å². The van der Waals surface area contributed by atoms with Crippen LogP contribution >= 0.6 is 11.6 Å². The Hall–Kier alpha value is -2.09. The van der Waals surface area contributed by atoms with Gasteiger partial charge in [0, 0.05) is 18.7 Å². The van der Waals surface area contributed by atoms with E-state index in [0.29, 0.717) is 26.2 Å². The second-order valence-electron chi connectivity index (χ2n) is 7.11. The predicted octanol–water partition coefficient (Wildman–Crippen LogP) is 3.55. The third-order valence-corrected chi connectivity index (χ3v) is 7.39. The van der Waals surface area contributed by atoms with E-state index in [1.54, 1.807) is 0 Å². The summed E-state index contributed by atoms with van der Waals surface area (Å²) in [5.74, 6) is 0.371. The second kappa shape index (κ2) is 9.15. The van der Waals surface area contributed by atoms with Crippen LogP contribution in [0.3, 0.4) is 0 Å². The number of hydrogen-bond acceptors (Lipinski definition) is 4. The number of aryl methyl sites for hydroxylation is 2. The number of nitrogens with one attached hydrogen (secondary N) is 1. The molecule has 1 N–H and O–H groups in total. The quantitative estimate of drug-likeness (QED) is 0.673. The maximum Gasteiger partial charge on any atom is 0.251 e. The Labute approximate surface area is 176 Å². The molecule has 0 atom stereocenters. The Bertz CT molecular complexity index is 1000. The highest BCUT2D eigenvalue weighted by atomic mass is 35.5. The first-order valence-electron chi connectivity index (χ1n) is 9.57. The van der Waals surface area contributed by atoms with Crippen molar-refractivity contribution in [3.8, 4) is 5.75 Å².